The third-order valence-corrected chi connectivity index (χ3v) is 4.42. The van der Waals surface area contributed by atoms with E-state index in [1.807, 2.05) is 13.0 Å². The fourth-order valence-electron chi connectivity index (χ4n) is 2.71. The van der Waals surface area contributed by atoms with E-state index in [4.69, 9.17) is 0 Å². The van der Waals surface area contributed by atoms with E-state index in [0.717, 1.165) is 17.4 Å². The summed E-state index contributed by atoms with van der Waals surface area (Å²) in [5.74, 6) is -0.383. The molecule has 1 aromatic carbocycles. The molecule has 28 heavy (non-hydrogen) atoms. The van der Waals surface area contributed by atoms with Gasteiger partial charge in [0.1, 0.15) is 11.6 Å². The molecule has 2 aromatic rings. The topological polar surface area (TPSA) is 134 Å². The Morgan fingerprint density at radius 1 is 1.29 bits per heavy atom. The number of hydrogen-bond acceptors (Lipinski definition) is 7. The smallest absolute Gasteiger partial charge is 0.281 e. The fourth-order valence-corrected chi connectivity index (χ4v) is 2.71. The summed E-state index contributed by atoms with van der Waals surface area (Å²) in [6, 6.07) is 6.06. The molecule has 0 saturated heterocycles. The second-order valence-corrected chi connectivity index (χ2v) is 6.38. The predicted octanol–water partition coefficient (Wildman–Crippen LogP) is 4.56. The normalized spacial score (nSPS) is 10.9. The van der Waals surface area contributed by atoms with Crippen LogP contribution in [-0.4, -0.2) is 14.6 Å². The number of unbranched alkanes of at least 4 members (excludes halogenated alkanes) is 2. The Kier molecular flexibility index (Phi) is 6.60. The highest BCUT2D eigenvalue weighted by Gasteiger charge is 2.19. The van der Waals surface area contributed by atoms with Gasteiger partial charge in [-0.05, 0) is 25.8 Å². The number of rotatable bonds is 7. The van der Waals surface area contributed by atoms with Gasteiger partial charge in [0.15, 0.2) is 5.69 Å². The molecule has 0 bridgehead atoms. The summed E-state index contributed by atoms with van der Waals surface area (Å²) >= 11 is 0. The summed E-state index contributed by atoms with van der Waals surface area (Å²) in [7, 11) is 0. The molecule has 0 amide bonds. The van der Waals surface area contributed by atoms with Crippen LogP contribution in [0.25, 0.3) is 0 Å². The summed E-state index contributed by atoms with van der Waals surface area (Å²) < 4.78 is 1.12. The number of nitrogens with zero attached hydrogens (tertiary/aromatic N) is 5. The zero-order chi connectivity index (χ0) is 20.8. The minimum absolute atomic E-state index is 0.0409. The minimum atomic E-state index is -0.558. The second kappa shape index (κ2) is 8.90. The van der Waals surface area contributed by atoms with Crippen molar-refractivity contribution in [2.75, 3.05) is 0 Å². The molecule has 0 aliphatic heterocycles. The lowest BCUT2D eigenvalue weighted by Crippen LogP contribution is -2.22. The lowest BCUT2D eigenvalue weighted by Gasteiger charge is -2.12. The first-order valence-electron chi connectivity index (χ1n) is 8.85. The molecule has 0 atom stereocenters. The van der Waals surface area contributed by atoms with E-state index in [9.17, 15) is 25.3 Å². The van der Waals surface area contributed by atoms with Crippen molar-refractivity contribution in [3.8, 4) is 11.9 Å². The minimum Gasteiger partial charge on any atom is -0.493 e. The van der Waals surface area contributed by atoms with E-state index in [0.29, 0.717) is 12.0 Å². The van der Waals surface area contributed by atoms with Crippen molar-refractivity contribution in [2.24, 2.45) is 10.2 Å². The van der Waals surface area contributed by atoms with Crippen LogP contribution in [0.15, 0.2) is 33.2 Å². The lowest BCUT2D eigenvalue weighted by atomic mass is 10.1. The van der Waals surface area contributed by atoms with Gasteiger partial charge in [-0.3, -0.25) is 19.5 Å². The standard InChI is InChI=1S/C19H21N5O4/c1-4-5-6-9-23-18(25)15(11-20)13(3)17(19(23)26)22-21-16-10-14(24(27)28)8-7-12(16)2/h7-8,10,25H,4-6,9H2,1-3H3. The summed E-state index contributed by atoms with van der Waals surface area (Å²) in [5, 5.41) is 38.6. The van der Waals surface area contributed by atoms with Gasteiger partial charge in [-0.25, -0.2) is 0 Å². The first-order valence-corrected chi connectivity index (χ1v) is 8.85. The quantitative estimate of drug-likeness (QED) is 0.324. The highest BCUT2D eigenvalue weighted by molar-refractivity contribution is 5.57. The predicted molar refractivity (Wildman–Crippen MR) is 103 cm³/mol. The molecule has 0 spiro atoms. The maximum Gasteiger partial charge on any atom is 0.281 e. The van der Waals surface area contributed by atoms with Crippen LogP contribution in [0.1, 0.15) is 42.9 Å². The maximum atomic E-state index is 12.8. The van der Waals surface area contributed by atoms with Crippen molar-refractivity contribution in [3.63, 3.8) is 0 Å². The van der Waals surface area contributed by atoms with Crippen molar-refractivity contribution >= 4 is 17.1 Å². The average Bonchev–Trinajstić information content (AvgIpc) is 2.66. The van der Waals surface area contributed by atoms with Crippen LogP contribution >= 0.6 is 0 Å². The van der Waals surface area contributed by atoms with E-state index in [2.05, 4.69) is 10.2 Å². The van der Waals surface area contributed by atoms with Crippen molar-refractivity contribution in [1.82, 2.24) is 4.57 Å². The molecule has 0 aliphatic rings. The zero-order valence-corrected chi connectivity index (χ0v) is 16.0. The van der Waals surface area contributed by atoms with E-state index in [1.54, 1.807) is 13.0 Å². The fraction of sp³-hybridized carbons (Fsp3) is 0.368. The maximum absolute atomic E-state index is 12.8. The Hall–Kier alpha value is -3.54. The number of aromatic hydroxyl groups is 1. The number of non-ortho nitro benzene ring substituents is 1. The van der Waals surface area contributed by atoms with Crippen molar-refractivity contribution in [3.05, 3.63) is 55.4 Å². The third kappa shape index (κ3) is 4.23. The number of hydrogen-bond donors (Lipinski definition) is 1. The molecule has 0 fully saturated rings. The molecular formula is C19H21N5O4. The van der Waals surface area contributed by atoms with Crippen LogP contribution in [-0.2, 0) is 6.54 Å². The van der Waals surface area contributed by atoms with Crippen LogP contribution in [0.5, 0.6) is 5.88 Å². The van der Waals surface area contributed by atoms with Crippen molar-refractivity contribution in [2.45, 2.75) is 46.6 Å². The summed E-state index contributed by atoms with van der Waals surface area (Å²) in [6.45, 7) is 5.49. The number of pyridine rings is 1. The van der Waals surface area contributed by atoms with Gasteiger partial charge in [-0.1, -0.05) is 25.8 Å². The number of azo groups is 1. The monoisotopic (exact) mass is 383 g/mol. The van der Waals surface area contributed by atoms with Gasteiger partial charge in [0.05, 0.1) is 10.6 Å². The number of nitriles is 1. The molecule has 1 heterocycles. The lowest BCUT2D eigenvalue weighted by molar-refractivity contribution is -0.384. The second-order valence-electron chi connectivity index (χ2n) is 6.38. The Morgan fingerprint density at radius 2 is 2.00 bits per heavy atom. The number of nitro benzene ring substituents is 1. The first kappa shape index (κ1) is 20.8. The summed E-state index contributed by atoms with van der Waals surface area (Å²) in [5.41, 5.74) is 0.293. The summed E-state index contributed by atoms with van der Waals surface area (Å²) in [4.78, 5) is 23.2. The molecule has 1 N–H and O–H groups in total. The Morgan fingerprint density at radius 3 is 2.61 bits per heavy atom. The number of aromatic nitrogens is 1. The van der Waals surface area contributed by atoms with E-state index in [1.165, 1.54) is 19.1 Å². The van der Waals surface area contributed by atoms with Gasteiger partial charge in [0.2, 0.25) is 5.88 Å². The van der Waals surface area contributed by atoms with E-state index < -0.39 is 10.5 Å². The van der Waals surface area contributed by atoms with Gasteiger partial charge in [-0.15, -0.1) is 10.2 Å². The molecule has 0 unspecified atom stereocenters. The highest BCUT2D eigenvalue weighted by atomic mass is 16.6. The van der Waals surface area contributed by atoms with Crippen LogP contribution in [0, 0.1) is 35.3 Å². The van der Waals surface area contributed by atoms with Gasteiger partial charge >= 0.3 is 0 Å². The Bertz CT molecular complexity index is 1030. The van der Waals surface area contributed by atoms with Gasteiger partial charge in [0, 0.05) is 24.2 Å². The molecule has 9 nitrogen and oxygen atoms in total. The molecule has 2 rings (SSSR count). The van der Waals surface area contributed by atoms with Gasteiger partial charge in [-0.2, -0.15) is 5.26 Å². The van der Waals surface area contributed by atoms with E-state index >= 15 is 0 Å². The molecule has 0 aliphatic carbocycles. The number of benzene rings is 1. The molecule has 1 aromatic heterocycles. The molecule has 0 radical (unpaired) electrons. The van der Waals surface area contributed by atoms with E-state index in [-0.39, 0.29) is 40.6 Å². The third-order valence-electron chi connectivity index (χ3n) is 4.42. The molecular weight excluding hydrogens is 362 g/mol. The van der Waals surface area contributed by atoms with Crippen LogP contribution in [0.2, 0.25) is 0 Å². The molecule has 146 valence electrons. The first-order chi connectivity index (χ1) is 13.3. The van der Waals surface area contributed by atoms with Crippen molar-refractivity contribution in [1.29, 1.82) is 5.26 Å². The highest BCUT2D eigenvalue weighted by Crippen LogP contribution is 2.29. The summed E-state index contributed by atoms with van der Waals surface area (Å²) in [6.07, 6.45) is 2.47. The zero-order valence-electron chi connectivity index (χ0n) is 16.0. The molecule has 0 saturated carbocycles. The van der Waals surface area contributed by atoms with Gasteiger partial charge < -0.3 is 5.11 Å². The van der Waals surface area contributed by atoms with Gasteiger partial charge in [0.25, 0.3) is 11.2 Å². The number of aryl methyl sites for hydroxylation is 1. The average molecular weight is 383 g/mol. The van der Waals surface area contributed by atoms with Crippen molar-refractivity contribution < 1.29 is 10.0 Å². The van der Waals surface area contributed by atoms with Crippen LogP contribution in [0.3, 0.4) is 0 Å². The Labute approximate surface area is 161 Å². The van der Waals surface area contributed by atoms with Crippen LogP contribution < -0.4 is 5.56 Å². The largest absolute Gasteiger partial charge is 0.493 e. The SMILES string of the molecule is CCCCCn1c(O)c(C#N)c(C)c(N=Nc2cc([N+](=O)[O-])ccc2C)c1=O. The Balaban J connectivity index is 2.57. The molecule has 9 heteroatoms. The van der Waals surface area contributed by atoms with Crippen LogP contribution in [0.4, 0.5) is 17.1 Å². The number of nitro groups is 1.